The summed E-state index contributed by atoms with van der Waals surface area (Å²) in [5.41, 5.74) is 3.63. The fourth-order valence-corrected chi connectivity index (χ4v) is 4.82. The molecule has 1 heterocycles. The molecule has 1 fully saturated rings. The van der Waals surface area contributed by atoms with Crippen molar-refractivity contribution >= 4 is 40.1 Å². The number of benzene rings is 1. The molecule has 0 radical (unpaired) electrons. The molecule has 0 aliphatic carbocycles. The average Bonchev–Trinajstić information content (AvgIpc) is 3.30. The zero-order chi connectivity index (χ0) is 28.5. The molecule has 1 aromatic rings. The van der Waals surface area contributed by atoms with E-state index >= 15 is 0 Å². The first-order chi connectivity index (χ1) is 17.5. The maximum absolute atomic E-state index is 12.6. The van der Waals surface area contributed by atoms with Crippen LogP contribution < -0.4 is 5.48 Å². The SMILES string of the molecule is CC[C@@H](O)[C@H](C)C(=O)N(C)OC.CC[C@@H](O)[C@H](C)C(=O)N1C(=S)SC[C@@H]1Cc1ccccc1.CNOC. The molecular weight excluding hydrogens is 514 g/mol. The van der Waals surface area contributed by atoms with E-state index in [0.717, 1.165) is 17.2 Å². The van der Waals surface area contributed by atoms with Crippen molar-refractivity contribution in [2.45, 2.75) is 65.2 Å². The highest BCUT2D eigenvalue weighted by Crippen LogP contribution is 2.29. The predicted octanol–water partition coefficient (Wildman–Crippen LogP) is 3.05. The second-order valence-corrected chi connectivity index (χ2v) is 10.2. The second kappa shape index (κ2) is 19.5. The average molecular weight is 560 g/mol. The van der Waals surface area contributed by atoms with Gasteiger partial charge < -0.3 is 15.1 Å². The van der Waals surface area contributed by atoms with Crippen LogP contribution in [-0.4, -0.2) is 88.6 Å². The van der Waals surface area contributed by atoms with Gasteiger partial charge >= 0.3 is 0 Å². The number of amides is 2. The minimum Gasteiger partial charge on any atom is -0.392 e. The predicted molar refractivity (Wildman–Crippen MR) is 153 cm³/mol. The number of rotatable bonds is 10. The van der Waals surface area contributed by atoms with E-state index in [9.17, 15) is 19.8 Å². The van der Waals surface area contributed by atoms with Gasteiger partial charge in [0.05, 0.1) is 44.3 Å². The van der Waals surface area contributed by atoms with Gasteiger partial charge in [0.15, 0.2) is 0 Å². The van der Waals surface area contributed by atoms with E-state index < -0.39 is 24.0 Å². The fraction of sp³-hybridized carbons (Fsp3) is 0.654. The highest BCUT2D eigenvalue weighted by Gasteiger charge is 2.37. The van der Waals surface area contributed by atoms with E-state index in [2.05, 4.69) is 22.5 Å². The third-order valence-corrected chi connectivity index (χ3v) is 7.62. The summed E-state index contributed by atoms with van der Waals surface area (Å²) in [5.74, 6) is -0.244. The summed E-state index contributed by atoms with van der Waals surface area (Å²) >= 11 is 6.89. The van der Waals surface area contributed by atoms with Gasteiger partial charge in [0.25, 0.3) is 5.91 Å². The lowest BCUT2D eigenvalue weighted by atomic mass is 9.99. The molecule has 0 saturated carbocycles. The summed E-state index contributed by atoms with van der Waals surface area (Å²) in [6.07, 6.45) is 0.752. The Kier molecular flexibility index (Phi) is 18.6. The number of aliphatic hydroxyl groups is 2. The van der Waals surface area contributed by atoms with E-state index in [0.29, 0.717) is 17.2 Å². The molecule has 1 aliphatic rings. The van der Waals surface area contributed by atoms with Crippen LogP contribution in [0.4, 0.5) is 0 Å². The summed E-state index contributed by atoms with van der Waals surface area (Å²) in [5, 5.41) is 20.4. The highest BCUT2D eigenvalue weighted by atomic mass is 32.2. The van der Waals surface area contributed by atoms with Crippen molar-refractivity contribution in [2.75, 3.05) is 34.1 Å². The molecule has 0 spiro atoms. The Morgan fingerprint density at radius 2 is 1.65 bits per heavy atom. The Labute approximate surface area is 231 Å². The molecular formula is C26H45N3O6S2. The van der Waals surface area contributed by atoms with Crippen LogP contribution in [0.25, 0.3) is 0 Å². The van der Waals surface area contributed by atoms with Crippen LogP contribution >= 0.6 is 24.0 Å². The monoisotopic (exact) mass is 559 g/mol. The van der Waals surface area contributed by atoms with Gasteiger partial charge in [-0.2, -0.15) is 0 Å². The fourth-order valence-electron chi connectivity index (χ4n) is 3.40. The largest absolute Gasteiger partial charge is 0.392 e. The zero-order valence-corrected chi connectivity index (χ0v) is 25.0. The van der Waals surface area contributed by atoms with Crippen molar-refractivity contribution in [1.29, 1.82) is 0 Å². The molecule has 5 atom stereocenters. The minimum atomic E-state index is -0.608. The lowest BCUT2D eigenvalue weighted by molar-refractivity contribution is -0.176. The van der Waals surface area contributed by atoms with Crippen molar-refractivity contribution in [3.05, 3.63) is 35.9 Å². The number of hydrogen-bond donors (Lipinski definition) is 3. The molecule has 212 valence electrons. The van der Waals surface area contributed by atoms with Crippen molar-refractivity contribution < 1.29 is 29.5 Å². The number of hydroxylamine groups is 3. The van der Waals surface area contributed by atoms with Crippen LogP contribution in [0.3, 0.4) is 0 Å². The first-order valence-electron chi connectivity index (χ1n) is 12.4. The molecule has 37 heavy (non-hydrogen) atoms. The maximum Gasteiger partial charge on any atom is 0.251 e. The summed E-state index contributed by atoms with van der Waals surface area (Å²) in [6, 6.07) is 10.2. The van der Waals surface area contributed by atoms with Crippen LogP contribution in [0.5, 0.6) is 0 Å². The Morgan fingerprint density at radius 3 is 2.11 bits per heavy atom. The zero-order valence-electron chi connectivity index (χ0n) is 23.3. The molecule has 11 heteroatoms. The van der Waals surface area contributed by atoms with Crippen molar-refractivity contribution in [1.82, 2.24) is 15.4 Å². The highest BCUT2D eigenvalue weighted by molar-refractivity contribution is 8.23. The standard InChI is InChI=1S/C16H21NO2S2.C8H17NO3.C2H7NO/c1-3-14(18)11(2)15(19)17-13(10-21-16(17)20)9-12-7-5-4-6-8-12;1-5-7(10)6(2)8(11)9(3)12-4;1-3-4-2/h4-8,11,13-14,18H,3,9-10H2,1-2H3;6-7,10H,5H2,1-4H3;3H,1-2H3/t11-,13-,14+;6-,7+;/m00./s1. The molecule has 3 N–H and O–H groups in total. The third-order valence-electron chi connectivity index (χ3n) is 6.07. The van der Waals surface area contributed by atoms with E-state index in [1.807, 2.05) is 32.0 Å². The van der Waals surface area contributed by atoms with Gasteiger partial charge in [0, 0.05) is 19.8 Å². The van der Waals surface area contributed by atoms with Crippen LogP contribution in [0.15, 0.2) is 30.3 Å². The van der Waals surface area contributed by atoms with Crippen molar-refractivity contribution in [2.24, 2.45) is 11.8 Å². The molecule has 1 aliphatic heterocycles. The van der Waals surface area contributed by atoms with Crippen LogP contribution in [0, 0.1) is 11.8 Å². The number of carbonyl (C=O) groups excluding carboxylic acids is 2. The Morgan fingerprint density at radius 1 is 1.14 bits per heavy atom. The number of nitrogens with one attached hydrogen (secondary N) is 1. The number of nitrogens with zero attached hydrogens (tertiary/aromatic N) is 2. The van der Waals surface area contributed by atoms with Crippen LogP contribution in [0.1, 0.15) is 46.1 Å². The number of aliphatic hydroxyl groups excluding tert-OH is 2. The van der Waals surface area contributed by atoms with Gasteiger partial charge in [-0.1, -0.05) is 82.0 Å². The first-order valence-corrected chi connectivity index (χ1v) is 13.8. The van der Waals surface area contributed by atoms with Gasteiger partial charge in [-0.25, -0.2) is 10.5 Å². The number of thiocarbonyl (C=S) groups is 1. The van der Waals surface area contributed by atoms with Crippen LogP contribution in [0.2, 0.25) is 0 Å². The topological polar surface area (TPSA) is 112 Å². The van der Waals surface area contributed by atoms with E-state index in [1.54, 1.807) is 44.7 Å². The molecule has 2 amide bonds. The smallest absolute Gasteiger partial charge is 0.251 e. The molecule has 9 nitrogen and oxygen atoms in total. The van der Waals surface area contributed by atoms with E-state index in [1.165, 1.54) is 19.7 Å². The van der Waals surface area contributed by atoms with Gasteiger partial charge in [0.1, 0.15) is 4.32 Å². The molecule has 0 unspecified atom stereocenters. The molecule has 1 aromatic carbocycles. The van der Waals surface area contributed by atoms with Gasteiger partial charge in [-0.3, -0.25) is 19.3 Å². The number of thioether (sulfide) groups is 1. The summed E-state index contributed by atoms with van der Waals surface area (Å²) in [7, 11) is 6.23. The maximum atomic E-state index is 12.6. The summed E-state index contributed by atoms with van der Waals surface area (Å²) < 4.78 is 0.635. The third kappa shape index (κ3) is 12.2. The molecule has 2 rings (SSSR count). The van der Waals surface area contributed by atoms with Gasteiger partial charge in [0.2, 0.25) is 5.91 Å². The van der Waals surface area contributed by atoms with Crippen LogP contribution in [-0.2, 0) is 25.7 Å². The Bertz CT molecular complexity index is 800. The van der Waals surface area contributed by atoms with E-state index in [-0.39, 0.29) is 17.9 Å². The minimum absolute atomic E-state index is 0.0553. The number of carbonyl (C=O) groups is 2. The quantitative estimate of drug-likeness (QED) is 0.294. The summed E-state index contributed by atoms with van der Waals surface area (Å²) in [4.78, 5) is 34.6. The molecule has 0 aromatic heterocycles. The van der Waals surface area contributed by atoms with Crippen molar-refractivity contribution in [3.8, 4) is 0 Å². The first kappa shape index (κ1) is 35.4. The second-order valence-electron chi connectivity index (χ2n) is 8.58. The van der Waals surface area contributed by atoms with Gasteiger partial charge in [-0.05, 0) is 24.8 Å². The Hall–Kier alpha value is -1.60. The van der Waals surface area contributed by atoms with E-state index in [4.69, 9.17) is 17.1 Å². The normalized spacial score (nSPS) is 17.9. The Balaban J connectivity index is 0.000000686. The molecule has 1 saturated heterocycles. The van der Waals surface area contributed by atoms with Gasteiger partial charge in [-0.15, -0.1) is 0 Å². The van der Waals surface area contributed by atoms with Crippen molar-refractivity contribution in [3.63, 3.8) is 0 Å². The lowest BCUT2D eigenvalue weighted by Gasteiger charge is -2.28. The lowest BCUT2D eigenvalue weighted by Crippen LogP contribution is -2.45. The molecule has 0 bridgehead atoms. The summed E-state index contributed by atoms with van der Waals surface area (Å²) in [6.45, 7) is 7.18. The number of hydrogen-bond acceptors (Lipinski definition) is 9.